The lowest BCUT2D eigenvalue weighted by Gasteiger charge is -2.10. The molecule has 0 aliphatic carbocycles. The highest BCUT2D eigenvalue weighted by Crippen LogP contribution is 2.04. The van der Waals surface area contributed by atoms with E-state index < -0.39 is 0 Å². The zero-order chi connectivity index (χ0) is 11.4. The van der Waals surface area contributed by atoms with E-state index >= 15 is 0 Å². The lowest BCUT2D eigenvalue weighted by Crippen LogP contribution is -2.40. The van der Waals surface area contributed by atoms with Gasteiger partial charge in [0.2, 0.25) is 11.5 Å². The molecule has 1 fully saturated rings. The Morgan fingerprint density at radius 2 is 2.38 bits per heavy atom. The highest BCUT2D eigenvalue weighted by Gasteiger charge is 2.21. The Labute approximate surface area is 93.3 Å². The van der Waals surface area contributed by atoms with Crippen molar-refractivity contribution in [3.63, 3.8) is 0 Å². The minimum Gasteiger partial charge on any atom is -0.351 e. The molecule has 86 valence electrons. The normalized spacial score (nSPS) is 19.6. The molecule has 2 rings (SSSR count). The molecule has 1 saturated heterocycles. The summed E-state index contributed by atoms with van der Waals surface area (Å²) < 4.78 is 0. The van der Waals surface area contributed by atoms with Crippen LogP contribution in [0.4, 0.5) is 0 Å². The van der Waals surface area contributed by atoms with Gasteiger partial charge in [0.05, 0.1) is 6.04 Å². The monoisotopic (exact) mass is 221 g/mol. The summed E-state index contributed by atoms with van der Waals surface area (Å²) in [7, 11) is 0. The molecule has 1 atom stereocenters. The Balaban J connectivity index is 1.84. The summed E-state index contributed by atoms with van der Waals surface area (Å²) in [4.78, 5) is 25.0. The third-order valence-corrected chi connectivity index (χ3v) is 2.69. The molecule has 1 amide bonds. The molecule has 1 aliphatic rings. The Morgan fingerprint density at radius 1 is 1.50 bits per heavy atom. The van der Waals surface area contributed by atoms with Gasteiger partial charge in [-0.15, -0.1) is 0 Å². The van der Waals surface area contributed by atoms with E-state index in [1.54, 1.807) is 12.3 Å². The SMILES string of the molecule is O=C(NCc1ccc(=O)[nH]c1)C1CCCN1. The molecule has 5 nitrogen and oxygen atoms in total. The van der Waals surface area contributed by atoms with Gasteiger partial charge >= 0.3 is 0 Å². The molecular weight excluding hydrogens is 206 g/mol. The first-order chi connectivity index (χ1) is 7.75. The molecule has 2 heterocycles. The zero-order valence-electron chi connectivity index (χ0n) is 8.95. The van der Waals surface area contributed by atoms with E-state index in [9.17, 15) is 9.59 Å². The fourth-order valence-corrected chi connectivity index (χ4v) is 1.77. The third-order valence-electron chi connectivity index (χ3n) is 2.69. The van der Waals surface area contributed by atoms with Crippen LogP contribution in [0, 0.1) is 0 Å². The largest absolute Gasteiger partial charge is 0.351 e. The first-order valence-corrected chi connectivity index (χ1v) is 5.44. The maximum absolute atomic E-state index is 11.6. The average Bonchev–Trinajstić information content (AvgIpc) is 2.81. The fraction of sp³-hybridized carbons (Fsp3) is 0.455. The number of rotatable bonds is 3. The van der Waals surface area contributed by atoms with Gasteiger partial charge in [-0.25, -0.2) is 0 Å². The van der Waals surface area contributed by atoms with Crippen molar-refractivity contribution in [1.29, 1.82) is 0 Å². The number of H-pyrrole nitrogens is 1. The summed E-state index contributed by atoms with van der Waals surface area (Å²) in [5.74, 6) is 0.0312. The number of hydrogen-bond acceptors (Lipinski definition) is 3. The Morgan fingerprint density at radius 3 is 3.00 bits per heavy atom. The van der Waals surface area contributed by atoms with Gasteiger partial charge in [0.15, 0.2) is 0 Å². The number of aromatic amines is 1. The molecule has 3 N–H and O–H groups in total. The lowest BCUT2D eigenvalue weighted by molar-refractivity contribution is -0.122. The van der Waals surface area contributed by atoms with E-state index in [-0.39, 0.29) is 17.5 Å². The van der Waals surface area contributed by atoms with E-state index in [2.05, 4.69) is 15.6 Å². The van der Waals surface area contributed by atoms with Crippen LogP contribution in [0.25, 0.3) is 0 Å². The molecule has 1 aliphatic heterocycles. The van der Waals surface area contributed by atoms with Crippen LogP contribution in [-0.2, 0) is 11.3 Å². The van der Waals surface area contributed by atoms with Crippen molar-refractivity contribution in [2.24, 2.45) is 0 Å². The summed E-state index contributed by atoms with van der Waals surface area (Å²) in [6.07, 6.45) is 3.57. The molecule has 0 radical (unpaired) electrons. The van der Waals surface area contributed by atoms with Gasteiger partial charge in [-0.2, -0.15) is 0 Å². The smallest absolute Gasteiger partial charge is 0.247 e. The number of aromatic nitrogens is 1. The first kappa shape index (κ1) is 10.9. The molecule has 0 spiro atoms. The van der Waals surface area contributed by atoms with Gasteiger partial charge in [-0.05, 0) is 24.9 Å². The van der Waals surface area contributed by atoms with Crippen LogP contribution in [0.2, 0.25) is 0 Å². The summed E-state index contributed by atoms with van der Waals surface area (Å²) in [5, 5.41) is 5.97. The van der Waals surface area contributed by atoms with Crippen LogP contribution in [-0.4, -0.2) is 23.5 Å². The Bertz CT molecular complexity index is 401. The van der Waals surface area contributed by atoms with Crippen LogP contribution in [0.5, 0.6) is 0 Å². The van der Waals surface area contributed by atoms with Crippen LogP contribution >= 0.6 is 0 Å². The Hall–Kier alpha value is -1.62. The molecular formula is C11H15N3O2. The fourth-order valence-electron chi connectivity index (χ4n) is 1.77. The molecule has 1 unspecified atom stereocenters. The van der Waals surface area contributed by atoms with Crippen molar-refractivity contribution in [2.45, 2.75) is 25.4 Å². The quantitative estimate of drug-likeness (QED) is 0.658. The average molecular weight is 221 g/mol. The second-order valence-corrected chi connectivity index (χ2v) is 3.93. The molecule has 0 saturated carbocycles. The molecule has 0 aromatic carbocycles. The summed E-state index contributed by atoms with van der Waals surface area (Å²) in [5.41, 5.74) is 0.762. The number of carbonyl (C=O) groups excluding carboxylic acids is 1. The maximum atomic E-state index is 11.6. The van der Waals surface area contributed by atoms with E-state index in [0.29, 0.717) is 6.54 Å². The number of hydrogen-bond donors (Lipinski definition) is 3. The first-order valence-electron chi connectivity index (χ1n) is 5.44. The van der Waals surface area contributed by atoms with E-state index in [0.717, 1.165) is 24.9 Å². The molecule has 0 bridgehead atoms. The van der Waals surface area contributed by atoms with Crippen molar-refractivity contribution < 1.29 is 4.79 Å². The standard InChI is InChI=1S/C11H15N3O2/c15-10-4-3-8(6-13-10)7-14-11(16)9-2-1-5-12-9/h3-4,6,9,12H,1-2,5,7H2,(H,13,15)(H,14,16). The van der Waals surface area contributed by atoms with E-state index in [1.165, 1.54) is 6.07 Å². The molecule has 1 aromatic rings. The van der Waals surface area contributed by atoms with Gasteiger partial charge in [0, 0.05) is 18.8 Å². The van der Waals surface area contributed by atoms with Crippen molar-refractivity contribution in [3.05, 3.63) is 34.2 Å². The number of amides is 1. The molecule has 16 heavy (non-hydrogen) atoms. The van der Waals surface area contributed by atoms with Gasteiger partial charge < -0.3 is 15.6 Å². The summed E-state index contributed by atoms with van der Waals surface area (Å²) >= 11 is 0. The lowest BCUT2D eigenvalue weighted by atomic mass is 10.2. The van der Waals surface area contributed by atoms with Crippen molar-refractivity contribution in [3.8, 4) is 0 Å². The van der Waals surface area contributed by atoms with Crippen molar-refractivity contribution in [2.75, 3.05) is 6.54 Å². The minimum absolute atomic E-state index is 0.0312. The maximum Gasteiger partial charge on any atom is 0.247 e. The second kappa shape index (κ2) is 4.94. The number of carbonyl (C=O) groups is 1. The third kappa shape index (κ3) is 2.70. The molecule has 1 aromatic heterocycles. The second-order valence-electron chi connectivity index (χ2n) is 3.93. The van der Waals surface area contributed by atoms with Crippen molar-refractivity contribution >= 4 is 5.91 Å². The van der Waals surface area contributed by atoms with Gasteiger partial charge in [-0.1, -0.05) is 6.07 Å². The van der Waals surface area contributed by atoms with Crippen LogP contribution in [0.1, 0.15) is 18.4 Å². The zero-order valence-corrected chi connectivity index (χ0v) is 8.95. The minimum atomic E-state index is -0.132. The van der Waals surface area contributed by atoms with Crippen LogP contribution in [0.3, 0.4) is 0 Å². The van der Waals surface area contributed by atoms with Crippen molar-refractivity contribution in [1.82, 2.24) is 15.6 Å². The highest BCUT2D eigenvalue weighted by atomic mass is 16.2. The van der Waals surface area contributed by atoms with Gasteiger partial charge in [-0.3, -0.25) is 9.59 Å². The summed E-state index contributed by atoms with van der Waals surface area (Å²) in [6, 6.07) is 3.11. The van der Waals surface area contributed by atoms with E-state index in [1.807, 2.05) is 0 Å². The predicted octanol–water partition coefficient (Wildman–Crippen LogP) is -0.257. The summed E-state index contributed by atoms with van der Waals surface area (Å²) in [6.45, 7) is 1.37. The molecule has 5 heteroatoms. The Kier molecular flexibility index (Phi) is 3.36. The number of nitrogens with one attached hydrogen (secondary N) is 3. The predicted molar refractivity (Wildman–Crippen MR) is 59.9 cm³/mol. The highest BCUT2D eigenvalue weighted by molar-refractivity contribution is 5.81. The van der Waals surface area contributed by atoms with Gasteiger partial charge in [0.1, 0.15) is 0 Å². The van der Waals surface area contributed by atoms with E-state index in [4.69, 9.17) is 0 Å². The topological polar surface area (TPSA) is 74.0 Å². The van der Waals surface area contributed by atoms with Crippen LogP contribution in [0.15, 0.2) is 23.1 Å². The van der Waals surface area contributed by atoms with Crippen LogP contribution < -0.4 is 16.2 Å². The van der Waals surface area contributed by atoms with Gasteiger partial charge in [0.25, 0.3) is 0 Å². The number of pyridine rings is 1.